The van der Waals surface area contributed by atoms with Crippen LogP contribution in [0.3, 0.4) is 0 Å². The average Bonchev–Trinajstić information content (AvgIpc) is 3.44. The van der Waals surface area contributed by atoms with Crippen molar-refractivity contribution in [1.29, 1.82) is 0 Å². The summed E-state index contributed by atoms with van der Waals surface area (Å²) in [7, 11) is 0. The van der Waals surface area contributed by atoms with E-state index in [4.69, 9.17) is 11.6 Å². The number of carbonyl (C=O) groups excluding carboxylic acids is 2. The molecule has 0 saturated carbocycles. The van der Waals surface area contributed by atoms with Gasteiger partial charge in [0, 0.05) is 62.8 Å². The summed E-state index contributed by atoms with van der Waals surface area (Å²) in [5, 5.41) is 5.06. The van der Waals surface area contributed by atoms with Crippen molar-refractivity contribution in [3.05, 3.63) is 52.7 Å². The number of halogens is 2. The molecule has 5 rings (SSSR count). The van der Waals surface area contributed by atoms with E-state index in [0.717, 1.165) is 32.4 Å². The first-order chi connectivity index (χ1) is 15.5. The number of carbonyl (C=O) groups is 2. The molecule has 0 bridgehead atoms. The SMILES string of the molecule is O=C(CCn1cccn1)N1CCC[C@@H](c2cc(Cl)c3cc(C(=O)N4CCC4)[nH]c3c2F)C1. The third kappa shape index (κ3) is 3.88. The van der Waals surface area contributed by atoms with Crippen LogP contribution in [0.25, 0.3) is 10.9 Å². The van der Waals surface area contributed by atoms with Gasteiger partial charge in [0.2, 0.25) is 5.91 Å². The second kappa shape index (κ2) is 8.58. The molecule has 2 amide bonds. The van der Waals surface area contributed by atoms with Gasteiger partial charge >= 0.3 is 0 Å². The number of H-pyrrole nitrogens is 1. The third-order valence-electron chi connectivity index (χ3n) is 6.53. The second-order valence-corrected chi connectivity index (χ2v) is 8.98. The third-order valence-corrected chi connectivity index (χ3v) is 6.84. The molecule has 1 atom stereocenters. The van der Waals surface area contributed by atoms with E-state index < -0.39 is 0 Å². The normalized spacial score (nSPS) is 18.8. The summed E-state index contributed by atoms with van der Waals surface area (Å²) >= 11 is 6.50. The number of rotatable bonds is 5. The van der Waals surface area contributed by atoms with E-state index >= 15 is 4.39 Å². The maximum Gasteiger partial charge on any atom is 0.270 e. The number of hydrogen-bond acceptors (Lipinski definition) is 3. The zero-order valence-corrected chi connectivity index (χ0v) is 18.4. The number of benzene rings is 1. The van der Waals surface area contributed by atoms with Gasteiger partial charge in [-0.3, -0.25) is 14.3 Å². The molecule has 0 unspecified atom stereocenters. The van der Waals surface area contributed by atoms with Crippen LogP contribution in [0.4, 0.5) is 4.39 Å². The highest BCUT2D eigenvalue weighted by atomic mass is 35.5. The lowest BCUT2D eigenvalue weighted by Crippen LogP contribution is -2.42. The minimum Gasteiger partial charge on any atom is -0.348 e. The number of aromatic amines is 1. The van der Waals surface area contributed by atoms with Crippen molar-refractivity contribution < 1.29 is 14.0 Å². The summed E-state index contributed by atoms with van der Waals surface area (Å²) in [6, 6.07) is 5.12. The first-order valence-corrected chi connectivity index (χ1v) is 11.4. The van der Waals surface area contributed by atoms with Crippen LogP contribution in [0.1, 0.15) is 47.7 Å². The van der Waals surface area contributed by atoms with Gasteiger partial charge in [0.15, 0.2) is 5.82 Å². The molecular weight excluding hydrogens is 433 g/mol. The highest BCUT2D eigenvalue weighted by Gasteiger charge is 2.29. The van der Waals surface area contributed by atoms with Crippen LogP contribution >= 0.6 is 11.6 Å². The van der Waals surface area contributed by atoms with Crippen LogP contribution in [0.15, 0.2) is 30.6 Å². The summed E-state index contributed by atoms with van der Waals surface area (Å²) in [5.41, 5.74) is 1.12. The van der Waals surface area contributed by atoms with Gasteiger partial charge in [-0.15, -0.1) is 0 Å². The number of piperidine rings is 1. The lowest BCUT2D eigenvalue weighted by molar-refractivity contribution is -0.132. The van der Waals surface area contributed by atoms with Crippen LogP contribution in [0, 0.1) is 5.82 Å². The number of aromatic nitrogens is 3. The molecule has 1 N–H and O–H groups in total. The van der Waals surface area contributed by atoms with Crippen molar-refractivity contribution in [1.82, 2.24) is 24.6 Å². The summed E-state index contributed by atoms with van der Waals surface area (Å²) in [6.45, 7) is 3.10. The van der Waals surface area contributed by atoms with Crippen molar-refractivity contribution in [2.75, 3.05) is 26.2 Å². The summed E-state index contributed by atoms with van der Waals surface area (Å²) < 4.78 is 17.3. The van der Waals surface area contributed by atoms with Gasteiger partial charge in [0.1, 0.15) is 5.69 Å². The quantitative estimate of drug-likeness (QED) is 0.633. The Balaban J connectivity index is 1.35. The first-order valence-electron chi connectivity index (χ1n) is 11.1. The lowest BCUT2D eigenvalue weighted by Gasteiger charge is -2.33. The molecule has 3 aromatic rings. The smallest absolute Gasteiger partial charge is 0.270 e. The molecule has 0 aliphatic carbocycles. The predicted octanol–water partition coefficient (Wildman–Crippen LogP) is 3.80. The first kappa shape index (κ1) is 21.0. The molecule has 9 heteroatoms. The van der Waals surface area contributed by atoms with Crippen molar-refractivity contribution in [3.8, 4) is 0 Å². The van der Waals surface area contributed by atoms with Crippen LogP contribution in [0.2, 0.25) is 5.02 Å². The van der Waals surface area contributed by atoms with Crippen molar-refractivity contribution in [2.45, 2.75) is 38.1 Å². The Morgan fingerprint density at radius 2 is 2.00 bits per heavy atom. The molecule has 0 radical (unpaired) electrons. The van der Waals surface area contributed by atoms with E-state index in [-0.39, 0.29) is 29.1 Å². The molecule has 2 aromatic heterocycles. The fraction of sp³-hybridized carbons (Fsp3) is 0.435. The standard InChI is InChI=1S/C23H25ClFN5O2/c24-18-12-16(21(25)22-17(18)13-19(27-22)23(32)28-8-3-9-28)15-4-1-7-29(14-15)20(31)5-11-30-10-2-6-26-30/h2,6,10,12-13,15,27H,1,3-5,7-9,11,14H2/t15-/m1/s1. The Hall–Kier alpha value is -2.87. The van der Waals surface area contributed by atoms with E-state index in [1.54, 1.807) is 27.9 Å². The van der Waals surface area contributed by atoms with E-state index in [1.165, 1.54) is 0 Å². The number of nitrogens with one attached hydrogen (secondary N) is 1. The fourth-order valence-corrected chi connectivity index (χ4v) is 4.87. The van der Waals surface area contributed by atoms with Crippen LogP contribution < -0.4 is 0 Å². The van der Waals surface area contributed by atoms with Crippen molar-refractivity contribution in [2.24, 2.45) is 0 Å². The van der Waals surface area contributed by atoms with Crippen LogP contribution in [-0.2, 0) is 11.3 Å². The number of nitrogens with zero attached hydrogens (tertiary/aromatic N) is 4. The van der Waals surface area contributed by atoms with Gasteiger partial charge in [0.05, 0.1) is 10.5 Å². The molecule has 4 heterocycles. The molecule has 2 fully saturated rings. The van der Waals surface area contributed by atoms with Gasteiger partial charge in [-0.2, -0.15) is 5.10 Å². The van der Waals surface area contributed by atoms with E-state index in [1.807, 2.05) is 17.2 Å². The zero-order valence-electron chi connectivity index (χ0n) is 17.7. The summed E-state index contributed by atoms with van der Waals surface area (Å²) in [6.07, 6.45) is 6.45. The number of amides is 2. The average molecular weight is 458 g/mol. The largest absolute Gasteiger partial charge is 0.348 e. The maximum absolute atomic E-state index is 15.5. The highest BCUT2D eigenvalue weighted by molar-refractivity contribution is 6.35. The van der Waals surface area contributed by atoms with Gasteiger partial charge in [-0.25, -0.2) is 4.39 Å². The Labute approximate surface area is 190 Å². The van der Waals surface area contributed by atoms with Crippen molar-refractivity contribution >= 4 is 34.3 Å². The maximum atomic E-state index is 15.5. The molecular formula is C23H25ClFN5O2. The van der Waals surface area contributed by atoms with E-state index in [9.17, 15) is 9.59 Å². The Morgan fingerprint density at radius 3 is 2.72 bits per heavy atom. The molecule has 2 aliphatic rings. The molecule has 7 nitrogen and oxygen atoms in total. The molecule has 32 heavy (non-hydrogen) atoms. The Kier molecular flexibility index (Phi) is 5.63. The zero-order chi connectivity index (χ0) is 22.2. The second-order valence-electron chi connectivity index (χ2n) is 8.58. The minimum atomic E-state index is -0.386. The topological polar surface area (TPSA) is 74.2 Å². The summed E-state index contributed by atoms with van der Waals surface area (Å²) in [5.74, 6) is -0.615. The number of hydrogen-bond donors (Lipinski definition) is 1. The van der Waals surface area contributed by atoms with Gasteiger partial charge in [0.25, 0.3) is 5.91 Å². The monoisotopic (exact) mass is 457 g/mol. The molecule has 2 saturated heterocycles. The van der Waals surface area contributed by atoms with Gasteiger partial charge in [-0.05, 0) is 43.0 Å². The number of fused-ring (bicyclic) bond motifs is 1. The minimum absolute atomic E-state index is 0.0417. The van der Waals surface area contributed by atoms with E-state index in [2.05, 4.69) is 10.1 Å². The fourth-order valence-electron chi connectivity index (χ4n) is 4.60. The lowest BCUT2D eigenvalue weighted by atomic mass is 9.89. The predicted molar refractivity (Wildman–Crippen MR) is 119 cm³/mol. The molecule has 0 spiro atoms. The van der Waals surface area contributed by atoms with Crippen molar-refractivity contribution in [3.63, 3.8) is 0 Å². The van der Waals surface area contributed by atoms with Gasteiger partial charge in [-0.1, -0.05) is 11.6 Å². The number of likely N-dealkylation sites (tertiary alicyclic amines) is 2. The Bertz CT molecular complexity index is 1160. The Morgan fingerprint density at radius 1 is 1.19 bits per heavy atom. The van der Waals surface area contributed by atoms with Crippen LogP contribution in [0.5, 0.6) is 0 Å². The van der Waals surface area contributed by atoms with Crippen LogP contribution in [-0.4, -0.2) is 62.6 Å². The number of aryl methyl sites for hydroxylation is 1. The highest BCUT2D eigenvalue weighted by Crippen LogP contribution is 2.36. The molecule has 168 valence electrons. The van der Waals surface area contributed by atoms with Gasteiger partial charge < -0.3 is 14.8 Å². The molecule has 2 aliphatic heterocycles. The summed E-state index contributed by atoms with van der Waals surface area (Å²) in [4.78, 5) is 31.8. The van der Waals surface area contributed by atoms with E-state index in [0.29, 0.717) is 47.7 Å². The molecule has 1 aromatic carbocycles.